The number of carbonyl (C=O) groups excluding carboxylic acids is 2. The Kier molecular flexibility index (Phi) is 3.68. The molecule has 0 aliphatic rings. The minimum absolute atomic E-state index is 0.214. The number of nitrogens with one attached hydrogen (secondary N) is 1. The molecule has 0 radical (unpaired) electrons. The number of rotatable bonds is 3. The second-order valence-electron chi connectivity index (χ2n) is 2.84. The van der Waals surface area contributed by atoms with Crippen molar-refractivity contribution >= 4 is 29.5 Å². The first-order valence-electron chi connectivity index (χ1n) is 4.19. The number of hydrogen-bond acceptors (Lipinski definition) is 3. The van der Waals surface area contributed by atoms with Gasteiger partial charge in [0.15, 0.2) is 6.29 Å². The Balaban J connectivity index is 3.33. The maximum Gasteiger partial charge on any atom is 0.221 e. The van der Waals surface area contributed by atoms with E-state index in [-0.39, 0.29) is 16.5 Å². The molecule has 0 fully saturated rings. The molecule has 0 atom stereocenters. The summed E-state index contributed by atoms with van der Waals surface area (Å²) < 4.78 is 5.01. The SMILES string of the molecule is COc1ccc(Cl)c(C=O)c1NC(C)=O. The molecule has 0 aromatic heterocycles. The fraction of sp³-hybridized carbons (Fsp3) is 0.200. The van der Waals surface area contributed by atoms with Crippen LogP contribution in [0.5, 0.6) is 5.75 Å². The second kappa shape index (κ2) is 4.79. The molecule has 0 spiro atoms. The fourth-order valence-corrected chi connectivity index (χ4v) is 1.37. The van der Waals surface area contributed by atoms with Crippen molar-refractivity contribution in [1.82, 2.24) is 0 Å². The van der Waals surface area contributed by atoms with E-state index in [1.807, 2.05) is 0 Å². The lowest BCUT2D eigenvalue weighted by Crippen LogP contribution is -2.09. The van der Waals surface area contributed by atoms with Crippen molar-refractivity contribution in [3.8, 4) is 5.75 Å². The molecule has 4 nitrogen and oxygen atoms in total. The molecule has 1 aromatic carbocycles. The van der Waals surface area contributed by atoms with Crippen molar-refractivity contribution < 1.29 is 14.3 Å². The number of methoxy groups -OCH3 is 1. The van der Waals surface area contributed by atoms with Crippen LogP contribution >= 0.6 is 11.6 Å². The third kappa shape index (κ3) is 2.47. The standard InChI is InChI=1S/C10H10ClNO3/c1-6(14)12-10-7(5-13)8(11)3-4-9(10)15-2/h3-5H,1-2H3,(H,12,14). The number of ether oxygens (including phenoxy) is 1. The number of amides is 1. The van der Waals surface area contributed by atoms with E-state index in [9.17, 15) is 9.59 Å². The maximum atomic E-state index is 10.9. The van der Waals surface area contributed by atoms with Crippen LogP contribution in [-0.2, 0) is 4.79 Å². The van der Waals surface area contributed by atoms with E-state index < -0.39 is 0 Å². The van der Waals surface area contributed by atoms with E-state index in [4.69, 9.17) is 16.3 Å². The summed E-state index contributed by atoms with van der Waals surface area (Å²) in [5, 5.41) is 2.78. The van der Waals surface area contributed by atoms with E-state index in [1.165, 1.54) is 20.1 Å². The van der Waals surface area contributed by atoms with Gasteiger partial charge in [0.05, 0.1) is 23.4 Å². The highest BCUT2D eigenvalue weighted by atomic mass is 35.5. The lowest BCUT2D eigenvalue weighted by Gasteiger charge is -2.11. The summed E-state index contributed by atoms with van der Waals surface area (Å²) in [4.78, 5) is 21.7. The van der Waals surface area contributed by atoms with Gasteiger partial charge in [0.1, 0.15) is 5.75 Å². The molecular formula is C10H10ClNO3. The summed E-state index contributed by atoms with van der Waals surface area (Å²) >= 11 is 5.80. The molecule has 0 aliphatic heterocycles. The molecule has 1 rings (SSSR count). The Bertz CT molecular complexity index is 404. The Morgan fingerprint density at radius 3 is 2.67 bits per heavy atom. The Hall–Kier alpha value is -1.55. The van der Waals surface area contributed by atoms with Gasteiger partial charge in [0.2, 0.25) is 5.91 Å². The summed E-state index contributed by atoms with van der Waals surface area (Å²) in [6, 6.07) is 3.12. The third-order valence-electron chi connectivity index (χ3n) is 1.79. The van der Waals surface area contributed by atoms with Crippen LogP contribution in [0.4, 0.5) is 5.69 Å². The molecule has 15 heavy (non-hydrogen) atoms. The lowest BCUT2D eigenvalue weighted by atomic mass is 10.1. The minimum Gasteiger partial charge on any atom is -0.495 e. The number of halogens is 1. The van der Waals surface area contributed by atoms with Crippen LogP contribution in [0.15, 0.2) is 12.1 Å². The minimum atomic E-state index is -0.293. The molecule has 0 saturated carbocycles. The first-order valence-corrected chi connectivity index (χ1v) is 4.57. The Morgan fingerprint density at radius 2 is 2.20 bits per heavy atom. The van der Waals surface area contributed by atoms with E-state index >= 15 is 0 Å². The molecule has 5 heteroatoms. The zero-order valence-corrected chi connectivity index (χ0v) is 9.09. The van der Waals surface area contributed by atoms with Crippen LogP contribution < -0.4 is 10.1 Å². The van der Waals surface area contributed by atoms with E-state index in [0.29, 0.717) is 17.7 Å². The zero-order chi connectivity index (χ0) is 11.4. The summed E-state index contributed by atoms with van der Waals surface area (Å²) in [6.07, 6.45) is 0.579. The molecule has 80 valence electrons. The molecule has 1 aromatic rings. The first kappa shape index (κ1) is 11.5. The highest BCUT2D eigenvalue weighted by molar-refractivity contribution is 6.33. The van der Waals surface area contributed by atoms with Crippen LogP contribution in [0.3, 0.4) is 0 Å². The average Bonchev–Trinajstić information content (AvgIpc) is 2.18. The van der Waals surface area contributed by atoms with Crippen molar-refractivity contribution in [2.75, 3.05) is 12.4 Å². The van der Waals surface area contributed by atoms with Gasteiger partial charge in [-0.1, -0.05) is 11.6 Å². The number of carbonyl (C=O) groups is 2. The van der Waals surface area contributed by atoms with E-state index in [1.54, 1.807) is 6.07 Å². The summed E-state index contributed by atoms with van der Waals surface area (Å²) in [6.45, 7) is 1.34. The van der Waals surface area contributed by atoms with Gasteiger partial charge in [0.25, 0.3) is 0 Å². The average molecular weight is 228 g/mol. The smallest absolute Gasteiger partial charge is 0.221 e. The highest BCUT2D eigenvalue weighted by Crippen LogP contribution is 2.32. The van der Waals surface area contributed by atoms with Gasteiger partial charge < -0.3 is 10.1 Å². The number of anilines is 1. The number of benzene rings is 1. The lowest BCUT2D eigenvalue weighted by molar-refractivity contribution is -0.114. The summed E-state index contributed by atoms with van der Waals surface area (Å²) in [5.41, 5.74) is 0.513. The predicted octanol–water partition coefficient (Wildman–Crippen LogP) is 2.12. The van der Waals surface area contributed by atoms with Crippen molar-refractivity contribution in [3.63, 3.8) is 0 Å². The monoisotopic (exact) mass is 227 g/mol. The van der Waals surface area contributed by atoms with Gasteiger partial charge >= 0.3 is 0 Å². The van der Waals surface area contributed by atoms with Crippen LogP contribution in [0.25, 0.3) is 0 Å². The highest BCUT2D eigenvalue weighted by Gasteiger charge is 2.13. The van der Waals surface area contributed by atoms with Gasteiger partial charge in [-0.25, -0.2) is 0 Å². The third-order valence-corrected chi connectivity index (χ3v) is 2.12. The van der Waals surface area contributed by atoms with Crippen LogP contribution in [0, 0.1) is 0 Å². The Morgan fingerprint density at radius 1 is 1.53 bits per heavy atom. The molecule has 0 aliphatic carbocycles. The van der Waals surface area contributed by atoms with Crippen molar-refractivity contribution in [2.45, 2.75) is 6.92 Å². The number of hydrogen-bond donors (Lipinski definition) is 1. The van der Waals surface area contributed by atoms with Gasteiger partial charge in [-0.2, -0.15) is 0 Å². The topological polar surface area (TPSA) is 55.4 Å². The summed E-state index contributed by atoms with van der Waals surface area (Å²) in [7, 11) is 1.45. The predicted molar refractivity (Wildman–Crippen MR) is 57.7 cm³/mol. The maximum absolute atomic E-state index is 10.9. The normalized spacial score (nSPS) is 9.53. The molecule has 0 saturated heterocycles. The summed E-state index contributed by atoms with van der Waals surface area (Å²) in [5.74, 6) is 0.107. The van der Waals surface area contributed by atoms with Crippen molar-refractivity contribution in [3.05, 3.63) is 22.7 Å². The molecule has 1 amide bonds. The number of aldehydes is 1. The molecular weight excluding hydrogens is 218 g/mol. The largest absolute Gasteiger partial charge is 0.495 e. The molecule has 0 heterocycles. The first-order chi connectivity index (χ1) is 7.10. The van der Waals surface area contributed by atoms with Gasteiger partial charge in [0, 0.05) is 6.92 Å². The van der Waals surface area contributed by atoms with E-state index in [2.05, 4.69) is 5.32 Å². The van der Waals surface area contributed by atoms with Crippen LogP contribution in [0.1, 0.15) is 17.3 Å². The molecule has 0 bridgehead atoms. The fourth-order valence-electron chi connectivity index (χ4n) is 1.16. The van der Waals surface area contributed by atoms with Gasteiger partial charge in [-0.3, -0.25) is 9.59 Å². The molecule has 1 N–H and O–H groups in total. The quantitative estimate of drug-likeness (QED) is 0.805. The Labute approximate surface area is 92.2 Å². The van der Waals surface area contributed by atoms with E-state index in [0.717, 1.165) is 0 Å². The van der Waals surface area contributed by atoms with Crippen LogP contribution in [0.2, 0.25) is 5.02 Å². The molecule has 0 unspecified atom stereocenters. The van der Waals surface area contributed by atoms with Gasteiger partial charge in [-0.05, 0) is 12.1 Å². The van der Waals surface area contributed by atoms with Crippen molar-refractivity contribution in [1.29, 1.82) is 0 Å². The van der Waals surface area contributed by atoms with Crippen LogP contribution in [-0.4, -0.2) is 19.3 Å². The second-order valence-corrected chi connectivity index (χ2v) is 3.24. The van der Waals surface area contributed by atoms with Gasteiger partial charge in [-0.15, -0.1) is 0 Å². The van der Waals surface area contributed by atoms with Crippen molar-refractivity contribution in [2.24, 2.45) is 0 Å². The zero-order valence-electron chi connectivity index (χ0n) is 8.33.